The summed E-state index contributed by atoms with van der Waals surface area (Å²) in [7, 11) is 0. The van der Waals surface area contributed by atoms with Crippen LogP contribution in [0.4, 0.5) is 0 Å². The molecule has 0 aliphatic rings. The summed E-state index contributed by atoms with van der Waals surface area (Å²) in [6.07, 6.45) is -1.29. The number of hydrogen-bond donors (Lipinski definition) is 1. The molecule has 6 heteroatoms. The van der Waals surface area contributed by atoms with Gasteiger partial charge in [0.15, 0.2) is 6.04 Å². The number of rotatable bonds is 8. The van der Waals surface area contributed by atoms with E-state index >= 15 is 0 Å². The second-order valence-corrected chi connectivity index (χ2v) is 8.98. The van der Waals surface area contributed by atoms with Crippen molar-refractivity contribution in [3.05, 3.63) is 107 Å². The number of benzene rings is 3. The van der Waals surface area contributed by atoms with Crippen LogP contribution in [0.1, 0.15) is 60.8 Å². The van der Waals surface area contributed by atoms with Gasteiger partial charge in [0.1, 0.15) is 11.7 Å². The quantitative estimate of drug-likeness (QED) is 0.361. The number of carbonyl (C=O) groups excluding carboxylic acids is 2. The minimum Gasteiger partial charge on any atom is -0.464 e. The molecule has 3 aromatic carbocycles. The lowest BCUT2D eigenvalue weighted by Crippen LogP contribution is -2.30. The summed E-state index contributed by atoms with van der Waals surface area (Å²) in [5.74, 6) is -1.10. The Balaban J connectivity index is 2.00. The van der Waals surface area contributed by atoms with Gasteiger partial charge in [-0.2, -0.15) is 0 Å². The predicted molar refractivity (Wildman–Crippen MR) is 136 cm³/mol. The third-order valence-electron chi connectivity index (χ3n) is 5.08. The topological polar surface area (TPSA) is 85.2 Å². The lowest BCUT2D eigenvalue weighted by molar-refractivity contribution is -0.147. The van der Waals surface area contributed by atoms with Gasteiger partial charge >= 0.3 is 11.9 Å². The SMILES string of the molecule is CCOC(=O)C(N=C(c1ccccc1)c1ccccc1)C(O)c1ccc(C(=O)OC(C)(C)C)cc1. The lowest BCUT2D eigenvalue weighted by atomic mass is 9.98. The first-order valence-corrected chi connectivity index (χ1v) is 11.6. The highest BCUT2D eigenvalue weighted by molar-refractivity contribution is 6.13. The Bertz CT molecular complexity index is 1110. The van der Waals surface area contributed by atoms with E-state index in [0.29, 0.717) is 16.8 Å². The smallest absolute Gasteiger partial charge is 0.338 e. The second kappa shape index (κ2) is 11.6. The van der Waals surface area contributed by atoms with Crippen molar-refractivity contribution < 1.29 is 24.2 Å². The fourth-order valence-corrected chi connectivity index (χ4v) is 3.46. The van der Waals surface area contributed by atoms with Gasteiger partial charge in [0.2, 0.25) is 0 Å². The van der Waals surface area contributed by atoms with Gasteiger partial charge in [-0.3, -0.25) is 4.99 Å². The standard InChI is InChI=1S/C29H31NO5/c1-5-34-28(33)25(26(31)22-16-18-23(19-17-22)27(32)35-29(2,3)4)30-24(20-12-8-6-9-13-20)21-14-10-7-11-15-21/h6-19,25-26,31H,5H2,1-4H3. The first-order valence-electron chi connectivity index (χ1n) is 11.6. The molecule has 2 unspecified atom stereocenters. The molecule has 0 aliphatic carbocycles. The number of nitrogens with zero attached hydrogens (tertiary/aromatic N) is 1. The lowest BCUT2D eigenvalue weighted by Gasteiger charge is -2.21. The Morgan fingerprint density at radius 2 is 1.34 bits per heavy atom. The molecule has 0 radical (unpaired) electrons. The first-order chi connectivity index (χ1) is 16.7. The minimum absolute atomic E-state index is 0.154. The van der Waals surface area contributed by atoms with E-state index in [-0.39, 0.29) is 6.61 Å². The zero-order chi connectivity index (χ0) is 25.4. The van der Waals surface area contributed by atoms with Gasteiger partial charge in [-0.25, -0.2) is 9.59 Å². The zero-order valence-electron chi connectivity index (χ0n) is 20.5. The molecule has 0 aliphatic heterocycles. The number of carbonyl (C=O) groups is 2. The van der Waals surface area contributed by atoms with E-state index in [0.717, 1.165) is 11.1 Å². The Morgan fingerprint density at radius 3 is 1.80 bits per heavy atom. The summed E-state index contributed by atoms with van der Waals surface area (Å²) < 4.78 is 10.7. The third-order valence-corrected chi connectivity index (χ3v) is 5.08. The monoisotopic (exact) mass is 473 g/mol. The number of ether oxygens (including phenoxy) is 2. The molecule has 0 fully saturated rings. The number of aliphatic hydroxyl groups is 1. The Hall–Kier alpha value is -3.77. The van der Waals surface area contributed by atoms with Crippen LogP contribution in [0, 0.1) is 0 Å². The van der Waals surface area contributed by atoms with Gasteiger partial charge in [0.25, 0.3) is 0 Å². The maximum atomic E-state index is 12.9. The highest BCUT2D eigenvalue weighted by Crippen LogP contribution is 2.24. The molecule has 0 spiro atoms. The molecule has 182 valence electrons. The Morgan fingerprint density at radius 1 is 0.829 bits per heavy atom. The molecule has 1 N–H and O–H groups in total. The van der Waals surface area contributed by atoms with Crippen molar-refractivity contribution in [1.82, 2.24) is 0 Å². The van der Waals surface area contributed by atoms with Crippen LogP contribution in [0.3, 0.4) is 0 Å². The second-order valence-electron chi connectivity index (χ2n) is 8.98. The molecule has 3 rings (SSSR count). The van der Waals surface area contributed by atoms with Crippen LogP contribution in [0.25, 0.3) is 0 Å². The van der Waals surface area contributed by atoms with Crippen molar-refractivity contribution >= 4 is 17.7 Å². The predicted octanol–water partition coefficient (Wildman–Crippen LogP) is 5.14. The van der Waals surface area contributed by atoms with Crippen molar-refractivity contribution in [2.75, 3.05) is 6.61 Å². The van der Waals surface area contributed by atoms with E-state index in [1.54, 1.807) is 52.0 Å². The van der Waals surface area contributed by atoms with E-state index in [1.165, 1.54) is 0 Å². The largest absolute Gasteiger partial charge is 0.464 e. The first kappa shape index (κ1) is 25.8. The highest BCUT2D eigenvalue weighted by atomic mass is 16.6. The summed E-state index contributed by atoms with van der Waals surface area (Å²) in [5.41, 5.74) is 2.33. The fourth-order valence-electron chi connectivity index (χ4n) is 3.46. The average molecular weight is 474 g/mol. The van der Waals surface area contributed by atoms with Gasteiger partial charge in [0, 0.05) is 11.1 Å². The van der Waals surface area contributed by atoms with Crippen molar-refractivity contribution in [2.45, 2.75) is 45.4 Å². The summed E-state index contributed by atoms with van der Waals surface area (Å²) in [6.45, 7) is 7.24. The molecule has 6 nitrogen and oxygen atoms in total. The average Bonchev–Trinajstić information content (AvgIpc) is 2.84. The maximum absolute atomic E-state index is 12.9. The normalized spacial score (nSPS) is 12.8. The van der Waals surface area contributed by atoms with Crippen molar-refractivity contribution in [3.63, 3.8) is 0 Å². The summed E-state index contributed by atoms with van der Waals surface area (Å²) in [5, 5.41) is 11.2. The molecule has 0 amide bonds. The van der Waals surface area contributed by atoms with Crippen molar-refractivity contribution in [3.8, 4) is 0 Å². The van der Waals surface area contributed by atoms with Gasteiger partial charge < -0.3 is 14.6 Å². The van der Waals surface area contributed by atoms with Crippen LogP contribution in [-0.4, -0.2) is 41.0 Å². The zero-order valence-corrected chi connectivity index (χ0v) is 20.5. The molecule has 0 saturated carbocycles. The number of esters is 2. The van der Waals surface area contributed by atoms with E-state index in [1.807, 2.05) is 60.7 Å². The fraction of sp³-hybridized carbons (Fsp3) is 0.276. The summed E-state index contributed by atoms with van der Waals surface area (Å²) >= 11 is 0. The Labute approximate surface area is 206 Å². The molecule has 0 aromatic heterocycles. The van der Waals surface area contributed by atoms with Gasteiger partial charge in [-0.05, 0) is 45.4 Å². The number of aliphatic imine (C=N–C) groups is 1. The highest BCUT2D eigenvalue weighted by Gasteiger charge is 2.30. The van der Waals surface area contributed by atoms with E-state index in [2.05, 4.69) is 0 Å². The van der Waals surface area contributed by atoms with Crippen LogP contribution in [-0.2, 0) is 14.3 Å². The molecule has 0 bridgehead atoms. The molecular weight excluding hydrogens is 442 g/mol. The van der Waals surface area contributed by atoms with Crippen LogP contribution in [0.5, 0.6) is 0 Å². The van der Waals surface area contributed by atoms with Gasteiger partial charge in [0.05, 0.1) is 17.9 Å². The van der Waals surface area contributed by atoms with E-state index < -0.39 is 29.7 Å². The van der Waals surface area contributed by atoms with Gasteiger partial charge in [-0.1, -0.05) is 72.8 Å². The van der Waals surface area contributed by atoms with Crippen molar-refractivity contribution in [1.29, 1.82) is 0 Å². The molecule has 0 heterocycles. The van der Waals surface area contributed by atoms with Crippen LogP contribution in [0.2, 0.25) is 0 Å². The molecule has 2 atom stereocenters. The summed E-state index contributed by atoms with van der Waals surface area (Å²) in [4.78, 5) is 30.0. The molecule has 0 saturated heterocycles. The van der Waals surface area contributed by atoms with Crippen LogP contribution in [0.15, 0.2) is 89.9 Å². The van der Waals surface area contributed by atoms with E-state index in [4.69, 9.17) is 14.5 Å². The summed E-state index contributed by atoms with van der Waals surface area (Å²) in [6, 6.07) is 24.0. The molecule has 35 heavy (non-hydrogen) atoms. The molecular formula is C29H31NO5. The number of aliphatic hydroxyl groups excluding tert-OH is 1. The van der Waals surface area contributed by atoms with E-state index in [9.17, 15) is 14.7 Å². The van der Waals surface area contributed by atoms with Gasteiger partial charge in [-0.15, -0.1) is 0 Å². The van der Waals surface area contributed by atoms with Crippen LogP contribution < -0.4 is 0 Å². The maximum Gasteiger partial charge on any atom is 0.338 e. The third kappa shape index (κ3) is 7.11. The minimum atomic E-state index is -1.29. The van der Waals surface area contributed by atoms with Crippen molar-refractivity contribution in [2.24, 2.45) is 4.99 Å². The van der Waals surface area contributed by atoms with Crippen LogP contribution >= 0.6 is 0 Å². The molecule has 3 aromatic rings. The number of hydrogen-bond acceptors (Lipinski definition) is 6. The Kier molecular flexibility index (Phi) is 8.55.